The summed E-state index contributed by atoms with van der Waals surface area (Å²) in [6.07, 6.45) is 3.90. The molecule has 0 aliphatic rings. The highest BCUT2D eigenvalue weighted by atomic mass is 32.1. The number of hydrogen-bond donors (Lipinski definition) is 1. The van der Waals surface area contributed by atoms with Gasteiger partial charge in [-0.2, -0.15) is 4.98 Å². The van der Waals surface area contributed by atoms with Gasteiger partial charge in [0.25, 0.3) is 5.95 Å². The first-order valence-electron chi connectivity index (χ1n) is 9.04. The summed E-state index contributed by atoms with van der Waals surface area (Å²) >= 11 is 1.48. The third-order valence-electron chi connectivity index (χ3n) is 4.36. The van der Waals surface area contributed by atoms with Crippen LogP contribution in [0.3, 0.4) is 0 Å². The summed E-state index contributed by atoms with van der Waals surface area (Å²) in [6, 6.07) is 9.98. The number of thiazole rings is 1. The smallest absolute Gasteiger partial charge is 0.414 e. The zero-order valence-electron chi connectivity index (χ0n) is 15.1. The number of benzene rings is 1. The maximum absolute atomic E-state index is 12.0. The van der Waals surface area contributed by atoms with Crippen molar-refractivity contribution in [1.82, 2.24) is 14.6 Å². The van der Waals surface area contributed by atoms with Crippen LogP contribution in [0.5, 0.6) is 0 Å². The molecule has 0 saturated heterocycles. The van der Waals surface area contributed by atoms with E-state index >= 15 is 0 Å². The van der Waals surface area contributed by atoms with Gasteiger partial charge in [-0.25, -0.2) is 9.31 Å². The van der Waals surface area contributed by atoms with Crippen LogP contribution >= 0.6 is 11.3 Å². The third kappa shape index (κ3) is 4.40. The van der Waals surface area contributed by atoms with E-state index in [-0.39, 0.29) is 5.95 Å². The third-order valence-corrected chi connectivity index (χ3v) is 5.17. The van der Waals surface area contributed by atoms with Gasteiger partial charge in [-0.15, -0.1) is 16.4 Å². The van der Waals surface area contributed by atoms with Crippen LogP contribution in [0.2, 0.25) is 0 Å². The Morgan fingerprint density at radius 1 is 1.31 bits per heavy atom. The van der Waals surface area contributed by atoms with Crippen LogP contribution < -0.4 is 5.32 Å². The molecule has 3 aromatic rings. The number of hydrogen-bond acceptors (Lipinski definition) is 5. The Kier molecular flexibility index (Phi) is 6.22. The van der Waals surface area contributed by atoms with Crippen LogP contribution in [-0.4, -0.2) is 27.3 Å². The maximum atomic E-state index is 12.0. The molecule has 7 heteroatoms. The highest BCUT2D eigenvalue weighted by Crippen LogP contribution is 2.25. The second-order valence-electron chi connectivity index (χ2n) is 6.26. The van der Waals surface area contributed by atoms with Crippen molar-refractivity contribution in [2.24, 2.45) is 5.92 Å². The first kappa shape index (κ1) is 18.4. The lowest BCUT2D eigenvalue weighted by molar-refractivity contribution is 0.136. The van der Waals surface area contributed by atoms with Crippen molar-refractivity contribution in [3.63, 3.8) is 0 Å². The summed E-state index contributed by atoms with van der Waals surface area (Å²) in [6.45, 7) is 4.72. The van der Waals surface area contributed by atoms with Crippen molar-refractivity contribution >= 4 is 28.3 Å². The summed E-state index contributed by atoms with van der Waals surface area (Å²) in [5.41, 5.74) is 2.00. The van der Waals surface area contributed by atoms with Crippen LogP contribution in [0.25, 0.3) is 16.2 Å². The molecule has 1 atom stereocenters. The van der Waals surface area contributed by atoms with Crippen molar-refractivity contribution in [2.75, 3.05) is 11.9 Å². The zero-order valence-corrected chi connectivity index (χ0v) is 16.0. The van der Waals surface area contributed by atoms with Gasteiger partial charge in [0.15, 0.2) is 0 Å². The van der Waals surface area contributed by atoms with E-state index in [1.165, 1.54) is 11.3 Å². The fourth-order valence-electron chi connectivity index (χ4n) is 2.76. The van der Waals surface area contributed by atoms with E-state index in [0.29, 0.717) is 12.5 Å². The Labute approximate surface area is 157 Å². The minimum absolute atomic E-state index is 0.264. The molecule has 26 heavy (non-hydrogen) atoms. The van der Waals surface area contributed by atoms with E-state index in [4.69, 9.17) is 4.74 Å². The molecular formula is C19H24N4O2S. The predicted molar refractivity (Wildman–Crippen MR) is 105 cm³/mol. The molecule has 2 aromatic heterocycles. The monoisotopic (exact) mass is 372 g/mol. The lowest BCUT2D eigenvalue weighted by Gasteiger charge is -2.14. The summed E-state index contributed by atoms with van der Waals surface area (Å²) in [7, 11) is 0. The van der Waals surface area contributed by atoms with Gasteiger partial charge in [-0.05, 0) is 12.3 Å². The largest absolute Gasteiger partial charge is 0.449 e. The van der Waals surface area contributed by atoms with Gasteiger partial charge in [0, 0.05) is 10.9 Å². The molecule has 3 rings (SSSR count). The average Bonchev–Trinajstić information content (AvgIpc) is 3.22. The van der Waals surface area contributed by atoms with Crippen LogP contribution in [-0.2, 0) is 4.74 Å². The molecule has 6 nitrogen and oxygen atoms in total. The number of nitrogens with one attached hydrogen (secondary N) is 1. The number of amides is 1. The number of nitrogens with zero attached hydrogens (tertiary/aromatic N) is 3. The van der Waals surface area contributed by atoms with Gasteiger partial charge >= 0.3 is 6.09 Å². The Morgan fingerprint density at radius 3 is 2.85 bits per heavy atom. The van der Waals surface area contributed by atoms with E-state index in [1.54, 1.807) is 4.52 Å². The van der Waals surface area contributed by atoms with Gasteiger partial charge in [0.2, 0.25) is 4.96 Å². The minimum Gasteiger partial charge on any atom is -0.449 e. The van der Waals surface area contributed by atoms with Gasteiger partial charge in [0.1, 0.15) is 0 Å². The highest BCUT2D eigenvalue weighted by molar-refractivity contribution is 7.15. The topological polar surface area (TPSA) is 68.5 Å². The van der Waals surface area contributed by atoms with Crippen LogP contribution in [0.15, 0.2) is 35.7 Å². The normalized spacial score (nSPS) is 12.2. The number of aromatic nitrogens is 3. The number of fused-ring (bicyclic) bond motifs is 1. The van der Waals surface area contributed by atoms with Gasteiger partial charge < -0.3 is 4.74 Å². The maximum Gasteiger partial charge on any atom is 0.414 e. The fraction of sp³-hybridized carbons (Fsp3) is 0.421. The first-order valence-corrected chi connectivity index (χ1v) is 9.92. The molecule has 0 saturated carbocycles. The van der Waals surface area contributed by atoms with E-state index in [0.717, 1.165) is 41.9 Å². The van der Waals surface area contributed by atoms with E-state index in [9.17, 15) is 4.79 Å². The lowest BCUT2D eigenvalue weighted by Crippen LogP contribution is -2.19. The predicted octanol–water partition coefficient (Wildman–Crippen LogP) is 5.22. The van der Waals surface area contributed by atoms with E-state index < -0.39 is 6.09 Å². The summed E-state index contributed by atoms with van der Waals surface area (Å²) in [4.78, 5) is 17.1. The van der Waals surface area contributed by atoms with Crippen molar-refractivity contribution in [3.8, 4) is 11.3 Å². The molecule has 1 unspecified atom stereocenters. The van der Waals surface area contributed by atoms with Crippen LogP contribution in [0, 0.1) is 5.92 Å². The Hall–Kier alpha value is -2.41. The Bertz CT molecular complexity index is 844. The van der Waals surface area contributed by atoms with Crippen LogP contribution in [0.4, 0.5) is 10.7 Å². The first-order chi connectivity index (χ1) is 12.7. The molecule has 0 spiro atoms. The van der Waals surface area contributed by atoms with Crippen LogP contribution in [0.1, 0.15) is 39.5 Å². The molecule has 0 fully saturated rings. The van der Waals surface area contributed by atoms with Crippen molar-refractivity contribution in [3.05, 3.63) is 35.7 Å². The number of carbonyl (C=O) groups is 1. The average molecular weight is 372 g/mol. The molecule has 1 aromatic carbocycles. The summed E-state index contributed by atoms with van der Waals surface area (Å²) in [5.74, 6) is 0.671. The van der Waals surface area contributed by atoms with Gasteiger partial charge in [-0.3, -0.25) is 5.32 Å². The van der Waals surface area contributed by atoms with E-state index in [2.05, 4.69) is 29.2 Å². The molecule has 138 valence electrons. The molecule has 0 aliphatic heterocycles. The molecule has 1 N–H and O–H groups in total. The second kappa shape index (κ2) is 8.80. The number of unbranched alkanes of at least 4 members (excludes halogenated alkanes) is 1. The molecule has 0 bridgehead atoms. The molecule has 2 heterocycles. The number of rotatable bonds is 8. The molecule has 1 amide bonds. The second-order valence-corrected chi connectivity index (χ2v) is 7.09. The Balaban J connectivity index is 1.62. The van der Waals surface area contributed by atoms with Gasteiger partial charge in [0.05, 0.1) is 12.3 Å². The van der Waals surface area contributed by atoms with Crippen molar-refractivity contribution < 1.29 is 9.53 Å². The highest BCUT2D eigenvalue weighted by Gasteiger charge is 2.15. The fourth-order valence-corrected chi connectivity index (χ4v) is 3.59. The lowest BCUT2D eigenvalue weighted by atomic mass is 10.0. The molecular weight excluding hydrogens is 348 g/mol. The quantitative estimate of drug-likeness (QED) is 0.588. The minimum atomic E-state index is -0.500. The number of ether oxygens (including phenoxy) is 1. The number of anilines is 1. The summed E-state index contributed by atoms with van der Waals surface area (Å²) < 4.78 is 7.09. The van der Waals surface area contributed by atoms with Crippen molar-refractivity contribution in [2.45, 2.75) is 39.5 Å². The summed E-state index contributed by atoms with van der Waals surface area (Å²) in [5, 5.41) is 9.03. The number of carbonyl (C=O) groups excluding carboxylic acids is 1. The standard InChI is InChI=1S/C19H24N4O2S/c1-3-5-9-14(4-2)12-25-19(24)21-17-20-18-23(22-17)16(13-26-18)15-10-7-6-8-11-15/h6-8,10-11,13-14H,3-5,9,12H2,1-2H3,(H,21,22,24). The van der Waals surface area contributed by atoms with E-state index in [1.807, 2.05) is 35.7 Å². The van der Waals surface area contributed by atoms with Crippen molar-refractivity contribution in [1.29, 1.82) is 0 Å². The molecule has 0 aliphatic carbocycles. The van der Waals surface area contributed by atoms with Gasteiger partial charge in [-0.1, -0.05) is 63.4 Å². The molecule has 0 radical (unpaired) electrons. The zero-order chi connectivity index (χ0) is 18.4. The Morgan fingerprint density at radius 2 is 2.12 bits per heavy atom. The SMILES string of the molecule is CCCCC(CC)COC(=O)Nc1nc2scc(-c3ccccc3)n2n1.